The Bertz CT molecular complexity index is 1350. The minimum Gasteiger partial charge on any atom is -0.353 e. The molecular weight excluding hydrogens is 414 g/mol. The van der Waals surface area contributed by atoms with Crippen LogP contribution in [0.2, 0.25) is 0 Å². The van der Waals surface area contributed by atoms with Gasteiger partial charge in [-0.05, 0) is 36.6 Å². The number of carbonyl (C=O) groups excluding carboxylic acids is 2. The van der Waals surface area contributed by atoms with E-state index in [1.807, 2.05) is 56.3 Å². The van der Waals surface area contributed by atoms with E-state index in [9.17, 15) is 9.59 Å². The first kappa shape index (κ1) is 20.9. The first-order valence-corrected chi connectivity index (χ1v) is 11.1. The Labute approximate surface area is 192 Å². The molecule has 4 aromatic rings. The molecule has 5 rings (SSSR count). The van der Waals surface area contributed by atoms with E-state index < -0.39 is 6.04 Å². The first-order valence-electron chi connectivity index (χ1n) is 11.1. The summed E-state index contributed by atoms with van der Waals surface area (Å²) >= 11 is 0. The molecule has 1 atom stereocenters. The number of aromatic nitrogens is 3. The molecule has 7 heteroatoms. The molecule has 0 aliphatic carbocycles. The number of hydrogen-bond donors (Lipinski definition) is 1. The fourth-order valence-electron chi connectivity index (χ4n) is 4.54. The Morgan fingerprint density at radius 1 is 1.09 bits per heavy atom. The van der Waals surface area contributed by atoms with Crippen molar-refractivity contribution >= 4 is 17.5 Å². The zero-order valence-corrected chi connectivity index (χ0v) is 18.7. The first-order chi connectivity index (χ1) is 16.0. The van der Waals surface area contributed by atoms with Gasteiger partial charge in [0.2, 0.25) is 5.91 Å². The van der Waals surface area contributed by atoms with Gasteiger partial charge in [0.05, 0.1) is 6.20 Å². The van der Waals surface area contributed by atoms with Crippen molar-refractivity contribution in [3.05, 3.63) is 89.4 Å². The normalized spacial score (nSPS) is 16.1. The molecule has 0 saturated carbocycles. The van der Waals surface area contributed by atoms with Crippen molar-refractivity contribution in [1.82, 2.24) is 24.8 Å². The standard InChI is InChI=1S/C26H25N5O2/c1-17-14-18(2)31-24(29-17)22(16-28-31)26(33)30-13-12-27-25(32)23(30)15-20-10-6-7-11-21(20)19-8-4-3-5-9-19/h3-11,14,16,23H,12-13,15H2,1-2H3,(H,27,32). The average molecular weight is 440 g/mol. The van der Waals surface area contributed by atoms with Crippen molar-refractivity contribution in [2.45, 2.75) is 26.3 Å². The molecule has 33 heavy (non-hydrogen) atoms. The summed E-state index contributed by atoms with van der Waals surface area (Å²) in [4.78, 5) is 32.8. The van der Waals surface area contributed by atoms with Crippen LogP contribution in [-0.2, 0) is 11.2 Å². The minimum absolute atomic E-state index is 0.144. The summed E-state index contributed by atoms with van der Waals surface area (Å²) < 4.78 is 1.67. The van der Waals surface area contributed by atoms with Crippen LogP contribution in [0.1, 0.15) is 27.3 Å². The van der Waals surface area contributed by atoms with Gasteiger partial charge in [0.15, 0.2) is 5.65 Å². The molecule has 1 unspecified atom stereocenters. The summed E-state index contributed by atoms with van der Waals surface area (Å²) in [6.07, 6.45) is 1.98. The van der Waals surface area contributed by atoms with Crippen LogP contribution in [-0.4, -0.2) is 50.4 Å². The molecular formula is C26H25N5O2. The number of amides is 2. The van der Waals surface area contributed by atoms with Gasteiger partial charge in [-0.15, -0.1) is 0 Å². The van der Waals surface area contributed by atoms with Crippen LogP contribution in [0.15, 0.2) is 66.9 Å². The largest absolute Gasteiger partial charge is 0.353 e. The molecule has 7 nitrogen and oxygen atoms in total. The Balaban J connectivity index is 1.51. The number of fused-ring (bicyclic) bond motifs is 1. The lowest BCUT2D eigenvalue weighted by atomic mass is 9.93. The SMILES string of the molecule is Cc1cc(C)n2ncc(C(=O)N3CCNC(=O)C3Cc3ccccc3-c3ccccc3)c2n1. The van der Waals surface area contributed by atoms with Crippen molar-refractivity contribution in [1.29, 1.82) is 0 Å². The summed E-state index contributed by atoms with van der Waals surface area (Å²) in [7, 11) is 0. The minimum atomic E-state index is -0.614. The number of benzene rings is 2. The number of piperazine rings is 1. The van der Waals surface area contributed by atoms with E-state index >= 15 is 0 Å². The smallest absolute Gasteiger partial charge is 0.260 e. The molecule has 166 valence electrons. The molecule has 0 radical (unpaired) electrons. The molecule has 1 aliphatic rings. The predicted octanol–water partition coefficient (Wildman–Crippen LogP) is 3.20. The third-order valence-corrected chi connectivity index (χ3v) is 6.12. The Morgan fingerprint density at radius 3 is 2.67 bits per heavy atom. The van der Waals surface area contributed by atoms with Crippen LogP contribution in [0, 0.1) is 13.8 Å². The Kier molecular flexibility index (Phi) is 5.38. The van der Waals surface area contributed by atoms with Gasteiger partial charge in [-0.3, -0.25) is 9.59 Å². The third-order valence-electron chi connectivity index (χ3n) is 6.12. The quantitative estimate of drug-likeness (QED) is 0.530. The van der Waals surface area contributed by atoms with Crippen molar-refractivity contribution < 1.29 is 9.59 Å². The van der Waals surface area contributed by atoms with Crippen LogP contribution in [0.3, 0.4) is 0 Å². The van der Waals surface area contributed by atoms with Crippen molar-refractivity contribution in [2.75, 3.05) is 13.1 Å². The van der Waals surface area contributed by atoms with Gasteiger partial charge in [-0.25, -0.2) is 9.50 Å². The van der Waals surface area contributed by atoms with Gasteiger partial charge in [-0.2, -0.15) is 5.10 Å². The van der Waals surface area contributed by atoms with Gasteiger partial charge in [0.25, 0.3) is 5.91 Å². The van der Waals surface area contributed by atoms with Crippen LogP contribution < -0.4 is 5.32 Å². The highest BCUT2D eigenvalue weighted by Crippen LogP contribution is 2.26. The molecule has 1 N–H and O–H groups in total. The number of rotatable bonds is 4. The number of hydrogen-bond acceptors (Lipinski definition) is 4. The summed E-state index contributed by atoms with van der Waals surface area (Å²) in [5, 5.41) is 7.29. The summed E-state index contributed by atoms with van der Waals surface area (Å²) in [6.45, 7) is 4.68. The van der Waals surface area contributed by atoms with Gasteiger partial charge in [-0.1, -0.05) is 54.6 Å². The molecule has 1 saturated heterocycles. The van der Waals surface area contributed by atoms with E-state index in [1.165, 1.54) is 0 Å². The zero-order valence-electron chi connectivity index (χ0n) is 18.7. The summed E-state index contributed by atoms with van der Waals surface area (Å²) in [6, 6.07) is 19.4. The summed E-state index contributed by atoms with van der Waals surface area (Å²) in [5.41, 5.74) is 5.83. The molecule has 2 aromatic heterocycles. The molecule has 0 spiro atoms. The molecule has 3 heterocycles. The molecule has 1 fully saturated rings. The van der Waals surface area contributed by atoms with Crippen molar-refractivity contribution in [2.24, 2.45) is 0 Å². The van der Waals surface area contributed by atoms with Crippen LogP contribution >= 0.6 is 0 Å². The second-order valence-corrected chi connectivity index (χ2v) is 8.37. The zero-order chi connectivity index (χ0) is 22.9. The predicted molar refractivity (Wildman–Crippen MR) is 126 cm³/mol. The monoisotopic (exact) mass is 439 g/mol. The highest BCUT2D eigenvalue weighted by molar-refractivity contribution is 6.02. The van der Waals surface area contributed by atoms with Gasteiger partial charge < -0.3 is 10.2 Å². The second kappa shape index (κ2) is 8.50. The van der Waals surface area contributed by atoms with E-state index in [-0.39, 0.29) is 11.8 Å². The third kappa shape index (κ3) is 3.86. The van der Waals surface area contributed by atoms with Crippen LogP contribution in [0.5, 0.6) is 0 Å². The van der Waals surface area contributed by atoms with E-state index in [1.54, 1.807) is 15.6 Å². The average Bonchev–Trinajstić information content (AvgIpc) is 3.25. The topological polar surface area (TPSA) is 79.6 Å². The van der Waals surface area contributed by atoms with Gasteiger partial charge in [0, 0.05) is 30.9 Å². The van der Waals surface area contributed by atoms with Crippen molar-refractivity contribution in [3.63, 3.8) is 0 Å². The molecule has 2 aromatic carbocycles. The lowest BCUT2D eigenvalue weighted by Crippen LogP contribution is -2.58. The fraction of sp³-hybridized carbons (Fsp3) is 0.231. The number of nitrogens with one attached hydrogen (secondary N) is 1. The molecule has 1 aliphatic heterocycles. The lowest BCUT2D eigenvalue weighted by Gasteiger charge is -2.35. The maximum Gasteiger partial charge on any atom is 0.260 e. The number of aryl methyl sites for hydroxylation is 2. The second-order valence-electron chi connectivity index (χ2n) is 8.37. The maximum atomic E-state index is 13.7. The molecule has 0 bridgehead atoms. The number of carbonyl (C=O) groups is 2. The maximum absolute atomic E-state index is 13.7. The van der Waals surface area contributed by atoms with Crippen LogP contribution in [0.25, 0.3) is 16.8 Å². The summed E-state index contributed by atoms with van der Waals surface area (Å²) in [5.74, 6) is -0.367. The highest BCUT2D eigenvalue weighted by atomic mass is 16.2. The Hall–Kier alpha value is -4.00. The van der Waals surface area contributed by atoms with Crippen LogP contribution in [0.4, 0.5) is 0 Å². The van der Waals surface area contributed by atoms with E-state index in [0.29, 0.717) is 30.7 Å². The van der Waals surface area contributed by atoms with Crippen molar-refractivity contribution in [3.8, 4) is 11.1 Å². The molecule has 2 amide bonds. The van der Waals surface area contributed by atoms with E-state index in [0.717, 1.165) is 28.1 Å². The lowest BCUT2D eigenvalue weighted by molar-refractivity contribution is -0.127. The van der Waals surface area contributed by atoms with E-state index in [2.05, 4.69) is 33.6 Å². The van der Waals surface area contributed by atoms with Gasteiger partial charge in [0.1, 0.15) is 11.6 Å². The highest BCUT2D eigenvalue weighted by Gasteiger charge is 2.35. The fourth-order valence-corrected chi connectivity index (χ4v) is 4.54. The Morgan fingerprint density at radius 2 is 1.85 bits per heavy atom. The van der Waals surface area contributed by atoms with E-state index in [4.69, 9.17) is 0 Å². The number of nitrogens with zero attached hydrogens (tertiary/aromatic N) is 4. The van der Waals surface area contributed by atoms with Gasteiger partial charge >= 0.3 is 0 Å².